The molecule has 0 aromatic heterocycles. The van der Waals surface area contributed by atoms with Crippen LogP contribution in [0.3, 0.4) is 0 Å². The van der Waals surface area contributed by atoms with Gasteiger partial charge in [-0.1, -0.05) is 5.92 Å². The van der Waals surface area contributed by atoms with Crippen molar-refractivity contribution in [3.05, 3.63) is 0 Å². The Kier molecular flexibility index (Phi) is 15.5. The van der Waals surface area contributed by atoms with Gasteiger partial charge in [0.15, 0.2) is 0 Å². The largest absolute Gasteiger partial charge is 0.444 e. The Labute approximate surface area is 198 Å². The third-order valence-electron chi connectivity index (χ3n) is 4.58. The average Bonchev–Trinajstić information content (AvgIpc) is 2.76. The van der Waals surface area contributed by atoms with Crippen LogP contribution in [0.1, 0.15) is 27.2 Å². The zero-order valence-corrected chi connectivity index (χ0v) is 20.4. The molecule has 1 aliphatic rings. The van der Waals surface area contributed by atoms with Crippen molar-refractivity contribution in [2.75, 3.05) is 92.1 Å². The molecule has 2 amide bonds. The number of rotatable bonds is 16. The molecule has 1 aliphatic heterocycles. The molecule has 190 valence electrons. The fourth-order valence-electron chi connectivity index (χ4n) is 2.96. The van der Waals surface area contributed by atoms with E-state index in [0.29, 0.717) is 78.9 Å². The molecule has 10 heteroatoms. The normalized spacial score (nSPS) is 14.7. The van der Waals surface area contributed by atoms with E-state index in [0.717, 1.165) is 19.6 Å². The molecule has 33 heavy (non-hydrogen) atoms. The topological polar surface area (TPSA) is 98.8 Å². The van der Waals surface area contributed by atoms with E-state index in [1.54, 1.807) is 0 Å². The zero-order chi connectivity index (χ0) is 24.4. The van der Waals surface area contributed by atoms with Gasteiger partial charge in [-0.05, 0) is 20.8 Å². The molecule has 1 saturated heterocycles. The Bertz CT molecular complexity index is 582. The SMILES string of the molecule is C#CCOCCOCCOCCOCCC(=O)N1CCN(CCNC(=O)OC(C)(C)C)CC1. The van der Waals surface area contributed by atoms with Crippen LogP contribution in [-0.4, -0.2) is 120 Å². The summed E-state index contributed by atoms with van der Waals surface area (Å²) in [4.78, 5) is 28.1. The number of ether oxygens (including phenoxy) is 5. The van der Waals surface area contributed by atoms with Crippen molar-refractivity contribution in [1.29, 1.82) is 0 Å². The van der Waals surface area contributed by atoms with E-state index in [9.17, 15) is 9.59 Å². The zero-order valence-electron chi connectivity index (χ0n) is 20.4. The van der Waals surface area contributed by atoms with Gasteiger partial charge in [-0.2, -0.15) is 0 Å². The number of piperazine rings is 1. The number of amides is 2. The number of terminal acetylenes is 1. The van der Waals surface area contributed by atoms with Crippen LogP contribution in [0, 0.1) is 12.3 Å². The van der Waals surface area contributed by atoms with E-state index in [1.165, 1.54) is 0 Å². The van der Waals surface area contributed by atoms with Gasteiger partial charge in [0.25, 0.3) is 0 Å². The minimum Gasteiger partial charge on any atom is -0.444 e. The minimum absolute atomic E-state index is 0.0999. The molecule has 10 nitrogen and oxygen atoms in total. The summed E-state index contributed by atoms with van der Waals surface area (Å²) in [6.07, 6.45) is 5.03. The van der Waals surface area contributed by atoms with Crippen molar-refractivity contribution in [3.8, 4) is 12.3 Å². The van der Waals surface area contributed by atoms with Crippen molar-refractivity contribution in [3.63, 3.8) is 0 Å². The Balaban J connectivity index is 1.94. The number of carbonyl (C=O) groups is 2. The van der Waals surface area contributed by atoms with Crippen LogP contribution in [0.4, 0.5) is 4.79 Å². The Morgan fingerprint density at radius 3 is 1.97 bits per heavy atom. The van der Waals surface area contributed by atoms with Crippen LogP contribution in [0.2, 0.25) is 0 Å². The van der Waals surface area contributed by atoms with Gasteiger partial charge in [-0.15, -0.1) is 6.42 Å². The van der Waals surface area contributed by atoms with Gasteiger partial charge in [-0.25, -0.2) is 4.79 Å². The van der Waals surface area contributed by atoms with E-state index in [-0.39, 0.29) is 5.91 Å². The van der Waals surface area contributed by atoms with Gasteiger partial charge < -0.3 is 33.9 Å². The minimum atomic E-state index is -0.499. The molecule has 0 radical (unpaired) electrons. The van der Waals surface area contributed by atoms with Crippen molar-refractivity contribution < 1.29 is 33.3 Å². The maximum atomic E-state index is 12.3. The summed E-state index contributed by atoms with van der Waals surface area (Å²) in [7, 11) is 0. The number of alkyl carbamates (subject to hydrolysis) is 1. The second kappa shape index (κ2) is 17.6. The summed E-state index contributed by atoms with van der Waals surface area (Å²) in [6.45, 7) is 13.2. The second-order valence-electron chi connectivity index (χ2n) is 8.49. The number of hydrogen-bond acceptors (Lipinski definition) is 8. The second-order valence-corrected chi connectivity index (χ2v) is 8.49. The van der Waals surface area contributed by atoms with Gasteiger partial charge >= 0.3 is 6.09 Å². The van der Waals surface area contributed by atoms with E-state index >= 15 is 0 Å². The average molecular weight is 472 g/mol. The smallest absolute Gasteiger partial charge is 0.407 e. The van der Waals surface area contributed by atoms with Gasteiger partial charge in [-0.3, -0.25) is 9.69 Å². The number of nitrogens with zero attached hydrogens (tertiary/aromatic N) is 2. The molecule has 0 unspecified atom stereocenters. The molecule has 0 saturated carbocycles. The molecular formula is C23H41N3O7. The van der Waals surface area contributed by atoms with E-state index in [4.69, 9.17) is 30.1 Å². The van der Waals surface area contributed by atoms with Gasteiger partial charge in [0, 0.05) is 39.3 Å². The first-order valence-electron chi connectivity index (χ1n) is 11.5. The molecule has 1 N–H and O–H groups in total. The highest BCUT2D eigenvalue weighted by molar-refractivity contribution is 5.76. The van der Waals surface area contributed by atoms with Crippen LogP contribution in [0.25, 0.3) is 0 Å². The van der Waals surface area contributed by atoms with E-state index in [2.05, 4.69) is 16.1 Å². The monoisotopic (exact) mass is 471 g/mol. The number of carbonyl (C=O) groups excluding carboxylic acids is 2. The Morgan fingerprint density at radius 2 is 1.42 bits per heavy atom. The van der Waals surface area contributed by atoms with Crippen LogP contribution < -0.4 is 5.32 Å². The first-order chi connectivity index (χ1) is 15.8. The maximum Gasteiger partial charge on any atom is 0.407 e. The highest BCUT2D eigenvalue weighted by atomic mass is 16.6. The van der Waals surface area contributed by atoms with Crippen molar-refractivity contribution in [1.82, 2.24) is 15.1 Å². The van der Waals surface area contributed by atoms with Crippen molar-refractivity contribution in [2.24, 2.45) is 0 Å². The number of nitrogens with one attached hydrogen (secondary N) is 1. The van der Waals surface area contributed by atoms with Crippen LogP contribution >= 0.6 is 0 Å². The molecular weight excluding hydrogens is 430 g/mol. The quantitative estimate of drug-likeness (QED) is 0.260. The van der Waals surface area contributed by atoms with Crippen molar-refractivity contribution in [2.45, 2.75) is 32.8 Å². The third kappa shape index (κ3) is 16.4. The molecule has 0 aliphatic carbocycles. The molecule has 0 aromatic rings. The summed E-state index contributed by atoms with van der Waals surface area (Å²) in [5, 5.41) is 2.76. The molecule has 0 bridgehead atoms. The molecule has 1 rings (SSSR count). The Hall–Kier alpha value is -1.90. The van der Waals surface area contributed by atoms with Gasteiger partial charge in [0.2, 0.25) is 5.91 Å². The standard InChI is InChI=1S/C23H41N3O7/c1-5-13-29-15-17-31-19-20-32-18-16-30-14-6-21(27)26-11-9-25(10-12-26)8-7-24-22(28)33-23(2,3)4/h1H,6-20H2,2-4H3,(H,24,28). The van der Waals surface area contributed by atoms with Crippen LogP contribution in [0.5, 0.6) is 0 Å². The fraction of sp³-hybridized carbons (Fsp3) is 0.826. The molecule has 0 aromatic carbocycles. The summed E-state index contributed by atoms with van der Waals surface area (Å²) < 4.78 is 26.5. The van der Waals surface area contributed by atoms with Crippen LogP contribution in [0.15, 0.2) is 0 Å². The van der Waals surface area contributed by atoms with E-state index < -0.39 is 11.7 Å². The first kappa shape index (κ1) is 29.1. The number of hydrogen-bond donors (Lipinski definition) is 1. The van der Waals surface area contributed by atoms with Crippen molar-refractivity contribution >= 4 is 12.0 Å². The van der Waals surface area contributed by atoms with Gasteiger partial charge in [0.1, 0.15) is 12.2 Å². The molecule has 0 atom stereocenters. The van der Waals surface area contributed by atoms with Crippen LogP contribution in [-0.2, 0) is 28.5 Å². The Morgan fingerprint density at radius 1 is 0.879 bits per heavy atom. The highest BCUT2D eigenvalue weighted by Crippen LogP contribution is 2.07. The summed E-state index contributed by atoms with van der Waals surface area (Å²) in [6, 6.07) is 0. The lowest BCUT2D eigenvalue weighted by Gasteiger charge is -2.34. The maximum absolute atomic E-state index is 12.3. The van der Waals surface area contributed by atoms with E-state index in [1.807, 2.05) is 25.7 Å². The summed E-state index contributed by atoms with van der Waals surface area (Å²) >= 11 is 0. The molecule has 0 spiro atoms. The predicted octanol–water partition coefficient (Wildman–Crippen LogP) is 0.745. The first-order valence-corrected chi connectivity index (χ1v) is 11.5. The molecule has 1 fully saturated rings. The van der Waals surface area contributed by atoms with Gasteiger partial charge in [0.05, 0.1) is 52.7 Å². The molecule has 1 heterocycles. The highest BCUT2D eigenvalue weighted by Gasteiger charge is 2.21. The summed E-state index contributed by atoms with van der Waals surface area (Å²) in [5.41, 5.74) is -0.499. The predicted molar refractivity (Wildman–Crippen MR) is 124 cm³/mol. The lowest BCUT2D eigenvalue weighted by molar-refractivity contribution is -0.134. The lowest BCUT2D eigenvalue weighted by atomic mass is 10.2. The lowest BCUT2D eigenvalue weighted by Crippen LogP contribution is -2.50. The third-order valence-corrected chi connectivity index (χ3v) is 4.58. The summed E-state index contributed by atoms with van der Waals surface area (Å²) in [5.74, 6) is 2.49. The fourth-order valence-corrected chi connectivity index (χ4v) is 2.96.